The molecule has 0 aliphatic carbocycles. The summed E-state index contributed by atoms with van der Waals surface area (Å²) >= 11 is 0. The second kappa shape index (κ2) is 6.40. The van der Waals surface area contributed by atoms with Gasteiger partial charge in [0.1, 0.15) is 6.04 Å². The number of rotatable bonds is 6. The topological polar surface area (TPSA) is 49.3 Å². The first kappa shape index (κ1) is 13.7. The van der Waals surface area contributed by atoms with Gasteiger partial charge in [0, 0.05) is 6.54 Å². The number of hydrogen-bond acceptors (Lipinski definition) is 2. The standard InChI is InChI=1S/C14H21NO2/c1-4-11(3)13(14(16)17)15-9-12-7-5-6-10(2)8-12/h5-8,11,13,15H,4,9H2,1-3H3,(H,16,17)/t11-,13-/m0/s1. The molecular formula is C14H21NO2. The number of hydrogen-bond donors (Lipinski definition) is 2. The summed E-state index contributed by atoms with van der Waals surface area (Å²) in [5.74, 6) is -0.635. The van der Waals surface area contributed by atoms with Gasteiger partial charge >= 0.3 is 5.97 Å². The largest absolute Gasteiger partial charge is 0.480 e. The van der Waals surface area contributed by atoms with Crippen LogP contribution in [0, 0.1) is 12.8 Å². The van der Waals surface area contributed by atoms with Crippen molar-refractivity contribution in [3.05, 3.63) is 35.4 Å². The molecular weight excluding hydrogens is 214 g/mol. The van der Waals surface area contributed by atoms with Crippen molar-refractivity contribution < 1.29 is 9.90 Å². The Morgan fingerprint density at radius 1 is 1.47 bits per heavy atom. The monoisotopic (exact) mass is 235 g/mol. The highest BCUT2D eigenvalue weighted by molar-refractivity contribution is 5.73. The van der Waals surface area contributed by atoms with E-state index < -0.39 is 12.0 Å². The van der Waals surface area contributed by atoms with E-state index in [-0.39, 0.29) is 5.92 Å². The van der Waals surface area contributed by atoms with Crippen LogP contribution in [0.15, 0.2) is 24.3 Å². The number of carboxylic acid groups (broad SMARTS) is 1. The van der Waals surface area contributed by atoms with Gasteiger partial charge in [0.05, 0.1) is 0 Å². The van der Waals surface area contributed by atoms with Crippen molar-refractivity contribution in [2.75, 3.05) is 0 Å². The van der Waals surface area contributed by atoms with Crippen molar-refractivity contribution >= 4 is 5.97 Å². The van der Waals surface area contributed by atoms with Crippen molar-refractivity contribution in [3.8, 4) is 0 Å². The van der Waals surface area contributed by atoms with Crippen LogP contribution >= 0.6 is 0 Å². The summed E-state index contributed by atoms with van der Waals surface area (Å²) in [6.07, 6.45) is 0.859. The summed E-state index contributed by atoms with van der Waals surface area (Å²) in [7, 11) is 0. The first-order valence-electron chi connectivity index (χ1n) is 6.06. The van der Waals surface area contributed by atoms with Gasteiger partial charge in [-0.15, -0.1) is 0 Å². The number of benzene rings is 1. The zero-order chi connectivity index (χ0) is 12.8. The molecule has 94 valence electrons. The Hall–Kier alpha value is -1.35. The lowest BCUT2D eigenvalue weighted by molar-refractivity contribution is -0.140. The number of aliphatic carboxylic acids is 1. The van der Waals surface area contributed by atoms with Crippen LogP contribution in [-0.2, 0) is 11.3 Å². The van der Waals surface area contributed by atoms with E-state index in [2.05, 4.69) is 11.4 Å². The van der Waals surface area contributed by atoms with Crippen molar-refractivity contribution in [2.45, 2.75) is 39.8 Å². The molecule has 2 atom stereocenters. The molecule has 3 heteroatoms. The predicted octanol–water partition coefficient (Wildman–Crippen LogP) is 2.58. The highest BCUT2D eigenvalue weighted by atomic mass is 16.4. The van der Waals surface area contributed by atoms with Crippen molar-refractivity contribution in [1.29, 1.82) is 0 Å². The molecule has 0 fully saturated rings. The first-order valence-corrected chi connectivity index (χ1v) is 6.06. The van der Waals surface area contributed by atoms with Gasteiger partial charge in [-0.1, -0.05) is 50.1 Å². The molecule has 17 heavy (non-hydrogen) atoms. The average molecular weight is 235 g/mol. The lowest BCUT2D eigenvalue weighted by Crippen LogP contribution is -2.41. The molecule has 0 aliphatic rings. The maximum Gasteiger partial charge on any atom is 0.320 e. The lowest BCUT2D eigenvalue weighted by atomic mass is 9.99. The van der Waals surface area contributed by atoms with Gasteiger partial charge in [0.25, 0.3) is 0 Å². The molecule has 0 amide bonds. The van der Waals surface area contributed by atoms with E-state index in [0.29, 0.717) is 6.54 Å². The predicted molar refractivity (Wildman–Crippen MR) is 68.9 cm³/mol. The average Bonchev–Trinajstić information content (AvgIpc) is 2.28. The van der Waals surface area contributed by atoms with Crippen LogP contribution in [-0.4, -0.2) is 17.1 Å². The van der Waals surface area contributed by atoms with Crippen molar-refractivity contribution in [2.24, 2.45) is 5.92 Å². The molecule has 0 bridgehead atoms. The Kier molecular flexibility index (Phi) is 5.16. The number of aryl methyl sites for hydroxylation is 1. The summed E-state index contributed by atoms with van der Waals surface area (Å²) in [6, 6.07) is 7.64. The fourth-order valence-corrected chi connectivity index (χ4v) is 1.82. The Morgan fingerprint density at radius 3 is 2.71 bits per heavy atom. The Labute approximate surface area is 103 Å². The number of carbonyl (C=O) groups is 1. The van der Waals surface area contributed by atoms with Gasteiger partial charge in [-0.05, 0) is 18.4 Å². The van der Waals surface area contributed by atoms with Crippen molar-refractivity contribution in [1.82, 2.24) is 5.32 Å². The van der Waals surface area contributed by atoms with E-state index in [4.69, 9.17) is 5.11 Å². The van der Waals surface area contributed by atoms with Crippen LogP contribution in [0.25, 0.3) is 0 Å². The summed E-state index contributed by atoms with van der Waals surface area (Å²) in [5, 5.41) is 12.3. The summed E-state index contributed by atoms with van der Waals surface area (Å²) in [5.41, 5.74) is 2.32. The van der Waals surface area contributed by atoms with Crippen LogP contribution in [0.3, 0.4) is 0 Å². The molecule has 3 nitrogen and oxygen atoms in total. The van der Waals surface area contributed by atoms with Crippen LogP contribution in [0.4, 0.5) is 0 Å². The van der Waals surface area contributed by atoms with Crippen LogP contribution in [0.5, 0.6) is 0 Å². The zero-order valence-electron chi connectivity index (χ0n) is 10.7. The van der Waals surface area contributed by atoms with E-state index in [0.717, 1.165) is 12.0 Å². The van der Waals surface area contributed by atoms with Crippen molar-refractivity contribution in [3.63, 3.8) is 0 Å². The van der Waals surface area contributed by atoms with Crippen LogP contribution in [0.2, 0.25) is 0 Å². The van der Waals surface area contributed by atoms with Gasteiger partial charge < -0.3 is 10.4 Å². The van der Waals surface area contributed by atoms with Crippen LogP contribution in [0.1, 0.15) is 31.4 Å². The molecule has 1 rings (SSSR count). The third-order valence-electron chi connectivity index (χ3n) is 3.09. The molecule has 0 unspecified atom stereocenters. The van der Waals surface area contributed by atoms with E-state index in [1.807, 2.05) is 39.0 Å². The van der Waals surface area contributed by atoms with Gasteiger partial charge in [-0.25, -0.2) is 0 Å². The third-order valence-corrected chi connectivity index (χ3v) is 3.09. The normalized spacial score (nSPS) is 14.3. The Bertz CT molecular complexity index is 376. The summed E-state index contributed by atoms with van der Waals surface area (Å²) in [6.45, 7) is 6.60. The molecule has 0 radical (unpaired) electrons. The minimum atomic E-state index is -0.771. The first-order chi connectivity index (χ1) is 8.04. The van der Waals surface area contributed by atoms with Gasteiger partial charge in [0.2, 0.25) is 0 Å². The second-order valence-corrected chi connectivity index (χ2v) is 4.57. The molecule has 1 aromatic carbocycles. The second-order valence-electron chi connectivity index (χ2n) is 4.57. The summed E-state index contributed by atoms with van der Waals surface area (Å²) < 4.78 is 0. The minimum Gasteiger partial charge on any atom is -0.480 e. The summed E-state index contributed by atoms with van der Waals surface area (Å²) in [4.78, 5) is 11.1. The number of carboxylic acids is 1. The fourth-order valence-electron chi connectivity index (χ4n) is 1.82. The van der Waals surface area contributed by atoms with E-state index in [1.54, 1.807) is 0 Å². The minimum absolute atomic E-state index is 0.136. The maximum atomic E-state index is 11.1. The Morgan fingerprint density at radius 2 is 2.18 bits per heavy atom. The van der Waals surface area contributed by atoms with E-state index in [9.17, 15) is 4.79 Å². The molecule has 0 saturated carbocycles. The smallest absolute Gasteiger partial charge is 0.320 e. The molecule has 1 aromatic rings. The SMILES string of the molecule is CC[C@H](C)[C@H](NCc1cccc(C)c1)C(=O)O. The zero-order valence-corrected chi connectivity index (χ0v) is 10.7. The quantitative estimate of drug-likeness (QED) is 0.796. The molecule has 2 N–H and O–H groups in total. The molecule has 0 spiro atoms. The number of nitrogens with one attached hydrogen (secondary N) is 1. The Balaban J connectivity index is 2.61. The van der Waals surface area contributed by atoms with Crippen LogP contribution < -0.4 is 5.32 Å². The molecule has 0 saturated heterocycles. The van der Waals surface area contributed by atoms with E-state index in [1.165, 1.54) is 5.56 Å². The fraction of sp³-hybridized carbons (Fsp3) is 0.500. The van der Waals surface area contributed by atoms with Gasteiger partial charge in [-0.2, -0.15) is 0 Å². The van der Waals surface area contributed by atoms with E-state index >= 15 is 0 Å². The third kappa shape index (κ3) is 4.19. The maximum absolute atomic E-state index is 11.1. The molecule has 0 aromatic heterocycles. The highest BCUT2D eigenvalue weighted by Gasteiger charge is 2.22. The molecule has 0 heterocycles. The highest BCUT2D eigenvalue weighted by Crippen LogP contribution is 2.10. The lowest BCUT2D eigenvalue weighted by Gasteiger charge is -2.20. The molecule has 0 aliphatic heterocycles. The van der Waals surface area contributed by atoms with Gasteiger partial charge in [0.15, 0.2) is 0 Å². The van der Waals surface area contributed by atoms with Gasteiger partial charge in [-0.3, -0.25) is 4.79 Å².